The monoisotopic (exact) mass is 300 g/mol. The number of hydrogen-bond donors (Lipinski definition) is 3. The molecular formula is C12H20N4O3S. The fourth-order valence-corrected chi connectivity index (χ4v) is 3.06. The molecule has 0 saturated heterocycles. The predicted molar refractivity (Wildman–Crippen MR) is 79.0 cm³/mol. The van der Waals surface area contributed by atoms with E-state index in [0.29, 0.717) is 5.69 Å². The van der Waals surface area contributed by atoms with Crippen LogP contribution in [0.3, 0.4) is 0 Å². The van der Waals surface area contributed by atoms with Crippen LogP contribution in [0.15, 0.2) is 35.5 Å². The number of nitrogens with one attached hydrogen (secondary N) is 1. The molecule has 1 aromatic carbocycles. The summed E-state index contributed by atoms with van der Waals surface area (Å²) in [5.74, 6) is -0.0225. The second kappa shape index (κ2) is 7.11. The van der Waals surface area contributed by atoms with E-state index in [9.17, 15) is 8.42 Å². The number of rotatable bonds is 7. The van der Waals surface area contributed by atoms with Crippen LogP contribution in [0.25, 0.3) is 0 Å². The molecule has 1 rings (SSSR count). The smallest absolute Gasteiger partial charge is 0.301 e. The van der Waals surface area contributed by atoms with Crippen molar-refractivity contribution in [2.45, 2.75) is 26.3 Å². The van der Waals surface area contributed by atoms with Gasteiger partial charge in [0.15, 0.2) is 0 Å². The quantitative estimate of drug-likeness (QED) is 0.300. The summed E-state index contributed by atoms with van der Waals surface area (Å²) in [5, 5.41) is 11.4. The summed E-state index contributed by atoms with van der Waals surface area (Å²) in [6.07, 6.45) is 0.129. The second-order valence-electron chi connectivity index (χ2n) is 4.53. The normalized spacial score (nSPS) is 12.7. The lowest BCUT2D eigenvalue weighted by atomic mass is 10.3. The first kappa shape index (κ1) is 16.3. The summed E-state index contributed by atoms with van der Waals surface area (Å²) >= 11 is 0. The van der Waals surface area contributed by atoms with E-state index >= 15 is 0 Å². The van der Waals surface area contributed by atoms with Crippen molar-refractivity contribution in [3.63, 3.8) is 0 Å². The van der Waals surface area contributed by atoms with Crippen molar-refractivity contribution in [3.05, 3.63) is 30.3 Å². The van der Waals surface area contributed by atoms with E-state index in [2.05, 4.69) is 9.88 Å². The fourth-order valence-electron chi connectivity index (χ4n) is 1.61. The number of hydrogen-bond acceptors (Lipinski definition) is 4. The molecule has 0 aromatic heterocycles. The molecule has 0 amide bonds. The van der Waals surface area contributed by atoms with Crippen LogP contribution in [-0.2, 0) is 10.2 Å². The number of oxime groups is 1. The summed E-state index contributed by atoms with van der Waals surface area (Å²) in [4.78, 5) is 0. The third kappa shape index (κ3) is 4.71. The maximum atomic E-state index is 12.3. The molecule has 112 valence electrons. The molecule has 0 aliphatic rings. The van der Waals surface area contributed by atoms with E-state index in [1.807, 2.05) is 0 Å². The van der Waals surface area contributed by atoms with Crippen molar-refractivity contribution in [2.24, 2.45) is 10.9 Å². The summed E-state index contributed by atoms with van der Waals surface area (Å²) < 4.78 is 28.3. The number of benzene rings is 1. The average molecular weight is 300 g/mol. The van der Waals surface area contributed by atoms with Crippen molar-refractivity contribution in [3.8, 4) is 0 Å². The van der Waals surface area contributed by atoms with Gasteiger partial charge in [0, 0.05) is 19.0 Å². The van der Waals surface area contributed by atoms with Crippen molar-refractivity contribution in [2.75, 3.05) is 10.8 Å². The summed E-state index contributed by atoms with van der Waals surface area (Å²) in [7, 11) is -3.69. The molecule has 0 unspecified atom stereocenters. The molecule has 7 nitrogen and oxygen atoms in total. The van der Waals surface area contributed by atoms with Gasteiger partial charge in [-0.15, -0.1) is 0 Å². The van der Waals surface area contributed by atoms with Crippen LogP contribution in [0.5, 0.6) is 0 Å². The molecule has 0 spiro atoms. The lowest BCUT2D eigenvalue weighted by molar-refractivity contribution is 0.317. The Bertz CT molecular complexity index is 543. The largest absolute Gasteiger partial charge is 0.409 e. The van der Waals surface area contributed by atoms with Gasteiger partial charge in [-0.05, 0) is 26.0 Å². The van der Waals surface area contributed by atoms with Gasteiger partial charge in [0.2, 0.25) is 0 Å². The highest BCUT2D eigenvalue weighted by Gasteiger charge is 2.23. The first-order valence-electron chi connectivity index (χ1n) is 6.18. The van der Waals surface area contributed by atoms with Crippen molar-refractivity contribution in [1.29, 1.82) is 0 Å². The average Bonchev–Trinajstić information content (AvgIpc) is 2.38. The zero-order valence-corrected chi connectivity index (χ0v) is 12.3. The maximum absolute atomic E-state index is 12.3. The number of para-hydroxylation sites is 1. The number of nitrogens with two attached hydrogens (primary N) is 1. The van der Waals surface area contributed by atoms with Gasteiger partial charge in [-0.25, -0.2) is 0 Å². The van der Waals surface area contributed by atoms with Gasteiger partial charge in [-0.3, -0.25) is 4.31 Å². The SMILES string of the molecule is CC(C)NS(=O)(=O)N(CC/C(N)=N/O)c1ccccc1. The standard InChI is InChI=1S/C12H20N4O3S/c1-10(2)15-20(18,19)16(9-8-12(13)14-17)11-6-4-3-5-7-11/h3-7,10,15,17H,8-9H2,1-2H3,(H2,13,14). The molecule has 20 heavy (non-hydrogen) atoms. The van der Waals surface area contributed by atoms with E-state index in [-0.39, 0.29) is 24.8 Å². The third-order valence-corrected chi connectivity index (χ3v) is 4.16. The predicted octanol–water partition coefficient (Wildman–Crippen LogP) is 0.872. The van der Waals surface area contributed by atoms with Crippen molar-refractivity contribution < 1.29 is 13.6 Å². The van der Waals surface area contributed by atoms with Gasteiger partial charge >= 0.3 is 10.2 Å². The Morgan fingerprint density at radius 1 is 1.40 bits per heavy atom. The van der Waals surface area contributed by atoms with Crippen LogP contribution in [0, 0.1) is 0 Å². The highest BCUT2D eigenvalue weighted by atomic mass is 32.2. The van der Waals surface area contributed by atoms with Crippen LogP contribution in [0.4, 0.5) is 5.69 Å². The van der Waals surface area contributed by atoms with E-state index in [4.69, 9.17) is 10.9 Å². The molecule has 0 aliphatic carbocycles. The van der Waals surface area contributed by atoms with Gasteiger partial charge in [0.05, 0.1) is 5.69 Å². The van der Waals surface area contributed by atoms with Crippen LogP contribution < -0.4 is 14.8 Å². The van der Waals surface area contributed by atoms with Crippen LogP contribution in [0.1, 0.15) is 20.3 Å². The van der Waals surface area contributed by atoms with Gasteiger partial charge in [0.25, 0.3) is 0 Å². The van der Waals surface area contributed by atoms with E-state index in [0.717, 1.165) is 0 Å². The Morgan fingerprint density at radius 3 is 2.50 bits per heavy atom. The van der Waals surface area contributed by atoms with Gasteiger partial charge in [-0.2, -0.15) is 13.1 Å². The molecule has 0 radical (unpaired) electrons. The first-order valence-corrected chi connectivity index (χ1v) is 7.62. The molecule has 0 saturated carbocycles. The number of anilines is 1. The molecule has 0 fully saturated rings. The molecule has 0 bridgehead atoms. The lowest BCUT2D eigenvalue weighted by Crippen LogP contribution is -2.45. The highest BCUT2D eigenvalue weighted by Crippen LogP contribution is 2.17. The Hall–Kier alpha value is -1.80. The minimum atomic E-state index is -3.69. The van der Waals surface area contributed by atoms with Gasteiger partial charge in [-0.1, -0.05) is 23.4 Å². The Morgan fingerprint density at radius 2 is 2.00 bits per heavy atom. The molecule has 1 aromatic rings. The van der Waals surface area contributed by atoms with Gasteiger partial charge in [0.1, 0.15) is 5.84 Å². The number of amidine groups is 1. The molecular weight excluding hydrogens is 280 g/mol. The zero-order valence-electron chi connectivity index (χ0n) is 11.5. The zero-order chi connectivity index (χ0) is 15.2. The minimum Gasteiger partial charge on any atom is -0.409 e. The number of nitrogens with zero attached hydrogens (tertiary/aromatic N) is 2. The summed E-state index contributed by atoms with van der Waals surface area (Å²) in [6.45, 7) is 3.57. The van der Waals surface area contributed by atoms with Crippen LogP contribution >= 0.6 is 0 Å². The minimum absolute atomic E-state index is 0.0225. The topological polar surface area (TPSA) is 108 Å². The van der Waals surface area contributed by atoms with Crippen molar-refractivity contribution >= 4 is 21.7 Å². The second-order valence-corrected chi connectivity index (χ2v) is 6.15. The molecule has 4 N–H and O–H groups in total. The molecule has 0 heterocycles. The Kier molecular flexibility index (Phi) is 5.78. The van der Waals surface area contributed by atoms with Gasteiger partial charge < -0.3 is 10.9 Å². The third-order valence-electron chi connectivity index (χ3n) is 2.42. The molecule has 8 heteroatoms. The summed E-state index contributed by atoms with van der Waals surface area (Å²) in [6, 6.07) is 8.44. The van der Waals surface area contributed by atoms with E-state index < -0.39 is 10.2 Å². The van der Waals surface area contributed by atoms with Crippen molar-refractivity contribution in [1.82, 2.24) is 4.72 Å². The van der Waals surface area contributed by atoms with Crippen LogP contribution in [-0.4, -0.2) is 32.0 Å². The maximum Gasteiger partial charge on any atom is 0.301 e. The highest BCUT2D eigenvalue weighted by molar-refractivity contribution is 7.90. The first-order chi connectivity index (χ1) is 9.36. The Balaban J connectivity index is 3.02. The Labute approximate surface area is 119 Å². The van der Waals surface area contributed by atoms with Crippen LogP contribution in [0.2, 0.25) is 0 Å². The molecule has 0 atom stereocenters. The molecule has 0 aliphatic heterocycles. The van der Waals surface area contributed by atoms with E-state index in [1.165, 1.54) is 4.31 Å². The van der Waals surface area contributed by atoms with E-state index in [1.54, 1.807) is 44.2 Å². The fraction of sp³-hybridized carbons (Fsp3) is 0.417. The summed E-state index contributed by atoms with van der Waals surface area (Å²) in [5.41, 5.74) is 5.92. The lowest BCUT2D eigenvalue weighted by Gasteiger charge is -2.25.